The predicted octanol–water partition coefficient (Wildman–Crippen LogP) is 2.30. The topological polar surface area (TPSA) is 76.8 Å². The van der Waals surface area contributed by atoms with Crippen LogP contribution >= 0.6 is 0 Å². The van der Waals surface area contributed by atoms with E-state index in [1.165, 1.54) is 0 Å². The van der Waals surface area contributed by atoms with Crippen LogP contribution in [0.5, 0.6) is 0 Å². The average molecular weight is 376 g/mol. The Morgan fingerprint density at radius 3 is 2.96 bits per heavy atom. The van der Waals surface area contributed by atoms with Gasteiger partial charge in [0.1, 0.15) is 12.0 Å². The molecular weight excluding hydrogens is 352 g/mol. The van der Waals surface area contributed by atoms with Gasteiger partial charge < -0.3 is 9.47 Å². The first-order valence-electron chi connectivity index (χ1n) is 9.64. The Bertz CT molecular complexity index is 939. The van der Waals surface area contributed by atoms with Gasteiger partial charge in [-0.2, -0.15) is 0 Å². The number of carbonyl (C=O) groups excluding carboxylic acids is 1. The Morgan fingerprint density at radius 1 is 1.25 bits per heavy atom. The molecule has 7 nitrogen and oxygen atoms in total. The quantitative estimate of drug-likeness (QED) is 0.683. The van der Waals surface area contributed by atoms with E-state index in [1.807, 2.05) is 40.9 Å². The fourth-order valence-corrected chi connectivity index (χ4v) is 3.79. The summed E-state index contributed by atoms with van der Waals surface area (Å²) in [7, 11) is 1.96. The number of piperidine rings is 1. The SMILES string of the molecule is Cn1ccnc1-c1cc(C[C@H]2CCCN(C(=O)Cc3cccnc3)C2)ncn1. The van der Waals surface area contributed by atoms with E-state index >= 15 is 0 Å². The first-order chi connectivity index (χ1) is 13.7. The van der Waals surface area contributed by atoms with Gasteiger partial charge in [-0.25, -0.2) is 15.0 Å². The van der Waals surface area contributed by atoms with Crippen molar-refractivity contribution >= 4 is 5.91 Å². The first-order valence-corrected chi connectivity index (χ1v) is 9.64. The molecule has 0 saturated carbocycles. The number of nitrogens with zero attached hydrogens (tertiary/aromatic N) is 6. The summed E-state index contributed by atoms with van der Waals surface area (Å²) in [4.78, 5) is 31.9. The first kappa shape index (κ1) is 18.3. The van der Waals surface area contributed by atoms with Gasteiger partial charge in [0.25, 0.3) is 0 Å². The lowest BCUT2D eigenvalue weighted by atomic mass is 9.92. The van der Waals surface area contributed by atoms with Crippen LogP contribution in [-0.2, 0) is 24.7 Å². The van der Waals surface area contributed by atoms with Crippen molar-refractivity contribution in [3.63, 3.8) is 0 Å². The minimum atomic E-state index is 0.175. The largest absolute Gasteiger partial charge is 0.342 e. The number of pyridine rings is 1. The smallest absolute Gasteiger partial charge is 0.227 e. The lowest BCUT2D eigenvalue weighted by Gasteiger charge is -2.32. The molecule has 7 heteroatoms. The molecule has 144 valence electrons. The Kier molecular flexibility index (Phi) is 5.41. The molecule has 1 saturated heterocycles. The van der Waals surface area contributed by atoms with Gasteiger partial charge in [-0.3, -0.25) is 9.78 Å². The number of rotatable bonds is 5. The summed E-state index contributed by atoms with van der Waals surface area (Å²) in [5.41, 5.74) is 2.79. The Hall–Kier alpha value is -3.09. The maximum atomic E-state index is 12.7. The maximum Gasteiger partial charge on any atom is 0.227 e. The fraction of sp³-hybridized carbons (Fsp3) is 0.381. The second-order valence-electron chi connectivity index (χ2n) is 7.35. The molecule has 0 N–H and O–H groups in total. The monoisotopic (exact) mass is 376 g/mol. The Labute approximate surface area is 164 Å². The number of carbonyl (C=O) groups is 1. The highest BCUT2D eigenvalue weighted by Gasteiger charge is 2.24. The van der Waals surface area contributed by atoms with Gasteiger partial charge in [0.15, 0.2) is 5.82 Å². The standard InChI is InChI=1S/C21H24N6O/c1-26-9-7-23-21(26)19-12-18(24-15-25-19)10-17-5-3-8-27(14-17)20(28)11-16-4-2-6-22-13-16/h2,4,6-7,9,12-13,15,17H,3,5,8,10-11,14H2,1H3/t17-/m1/s1. The molecule has 3 aromatic rings. The third kappa shape index (κ3) is 4.24. The van der Waals surface area contributed by atoms with Crippen molar-refractivity contribution in [2.45, 2.75) is 25.7 Å². The van der Waals surface area contributed by atoms with Crippen LogP contribution in [0.15, 0.2) is 49.3 Å². The van der Waals surface area contributed by atoms with Crippen molar-refractivity contribution < 1.29 is 4.79 Å². The van der Waals surface area contributed by atoms with Crippen LogP contribution in [-0.4, -0.2) is 48.4 Å². The molecular formula is C21H24N6O. The molecule has 1 atom stereocenters. The van der Waals surface area contributed by atoms with Gasteiger partial charge in [-0.15, -0.1) is 0 Å². The highest BCUT2D eigenvalue weighted by atomic mass is 16.2. The van der Waals surface area contributed by atoms with Crippen molar-refractivity contribution in [2.75, 3.05) is 13.1 Å². The number of likely N-dealkylation sites (tertiary alicyclic amines) is 1. The van der Waals surface area contributed by atoms with Crippen molar-refractivity contribution in [3.05, 3.63) is 60.6 Å². The Balaban J connectivity index is 1.40. The summed E-state index contributed by atoms with van der Waals surface area (Å²) in [6.45, 7) is 1.61. The molecule has 0 aromatic carbocycles. The molecule has 1 aliphatic heterocycles. The van der Waals surface area contributed by atoms with E-state index in [2.05, 4.69) is 19.9 Å². The molecule has 1 aliphatic rings. The van der Waals surface area contributed by atoms with E-state index < -0.39 is 0 Å². The van der Waals surface area contributed by atoms with E-state index in [0.29, 0.717) is 12.3 Å². The molecule has 4 heterocycles. The van der Waals surface area contributed by atoms with Gasteiger partial charge in [0.2, 0.25) is 5.91 Å². The second kappa shape index (κ2) is 8.29. The zero-order valence-corrected chi connectivity index (χ0v) is 16.0. The number of aryl methyl sites for hydroxylation is 1. The number of hydrogen-bond donors (Lipinski definition) is 0. The summed E-state index contributed by atoms with van der Waals surface area (Å²) in [5.74, 6) is 1.42. The molecule has 1 fully saturated rings. The van der Waals surface area contributed by atoms with Crippen LogP contribution in [0, 0.1) is 5.92 Å². The van der Waals surface area contributed by atoms with Crippen molar-refractivity contribution in [3.8, 4) is 11.5 Å². The van der Waals surface area contributed by atoms with Crippen LogP contribution in [0.1, 0.15) is 24.1 Å². The van der Waals surface area contributed by atoms with Crippen molar-refractivity contribution in [1.82, 2.24) is 29.4 Å². The fourth-order valence-electron chi connectivity index (χ4n) is 3.79. The van der Waals surface area contributed by atoms with Gasteiger partial charge in [-0.1, -0.05) is 6.07 Å². The molecule has 0 aliphatic carbocycles. The van der Waals surface area contributed by atoms with Gasteiger partial charge in [-0.05, 0) is 42.9 Å². The van der Waals surface area contributed by atoms with Gasteiger partial charge >= 0.3 is 0 Å². The summed E-state index contributed by atoms with van der Waals surface area (Å²) < 4.78 is 1.95. The normalized spacial score (nSPS) is 16.9. The minimum absolute atomic E-state index is 0.175. The predicted molar refractivity (Wildman–Crippen MR) is 105 cm³/mol. The highest BCUT2D eigenvalue weighted by Crippen LogP contribution is 2.22. The third-order valence-corrected chi connectivity index (χ3v) is 5.22. The summed E-state index contributed by atoms with van der Waals surface area (Å²) in [6.07, 6.45) is 12.2. The lowest BCUT2D eigenvalue weighted by Crippen LogP contribution is -2.41. The lowest BCUT2D eigenvalue weighted by molar-refractivity contribution is -0.132. The van der Waals surface area contributed by atoms with Crippen molar-refractivity contribution in [1.29, 1.82) is 0 Å². The zero-order chi connectivity index (χ0) is 19.3. The number of amides is 1. The van der Waals surface area contributed by atoms with Crippen LogP contribution in [0.2, 0.25) is 0 Å². The summed E-state index contributed by atoms with van der Waals surface area (Å²) in [5, 5.41) is 0. The van der Waals surface area contributed by atoms with Crippen LogP contribution < -0.4 is 0 Å². The second-order valence-corrected chi connectivity index (χ2v) is 7.35. The van der Waals surface area contributed by atoms with E-state index in [9.17, 15) is 4.79 Å². The molecule has 0 bridgehead atoms. The molecule has 28 heavy (non-hydrogen) atoms. The zero-order valence-electron chi connectivity index (χ0n) is 16.0. The molecule has 0 spiro atoms. The van der Waals surface area contributed by atoms with E-state index in [1.54, 1.807) is 24.9 Å². The minimum Gasteiger partial charge on any atom is -0.342 e. The molecule has 1 amide bonds. The molecule has 0 unspecified atom stereocenters. The average Bonchev–Trinajstić information content (AvgIpc) is 3.15. The van der Waals surface area contributed by atoms with Crippen LogP contribution in [0.25, 0.3) is 11.5 Å². The summed E-state index contributed by atoms with van der Waals surface area (Å²) >= 11 is 0. The maximum absolute atomic E-state index is 12.7. The van der Waals surface area contributed by atoms with E-state index in [-0.39, 0.29) is 5.91 Å². The third-order valence-electron chi connectivity index (χ3n) is 5.22. The molecule has 0 radical (unpaired) electrons. The van der Waals surface area contributed by atoms with E-state index in [0.717, 1.165) is 55.1 Å². The number of hydrogen-bond acceptors (Lipinski definition) is 5. The van der Waals surface area contributed by atoms with Crippen molar-refractivity contribution in [2.24, 2.45) is 13.0 Å². The van der Waals surface area contributed by atoms with Crippen LogP contribution in [0.4, 0.5) is 0 Å². The summed E-state index contributed by atoms with van der Waals surface area (Å²) in [6, 6.07) is 5.83. The Morgan fingerprint density at radius 2 is 2.18 bits per heavy atom. The van der Waals surface area contributed by atoms with Gasteiger partial charge in [0.05, 0.1) is 6.42 Å². The van der Waals surface area contributed by atoms with Gasteiger partial charge in [0, 0.05) is 50.6 Å². The van der Waals surface area contributed by atoms with E-state index in [4.69, 9.17) is 0 Å². The number of aromatic nitrogens is 5. The molecule has 3 aromatic heterocycles. The number of imidazole rings is 1. The van der Waals surface area contributed by atoms with Crippen LogP contribution in [0.3, 0.4) is 0 Å². The molecule has 4 rings (SSSR count). The highest BCUT2D eigenvalue weighted by molar-refractivity contribution is 5.78.